The van der Waals surface area contributed by atoms with E-state index in [4.69, 9.17) is 4.74 Å². The number of nitrogens with zero attached hydrogens (tertiary/aromatic N) is 1. The van der Waals surface area contributed by atoms with Crippen molar-refractivity contribution in [3.8, 4) is 0 Å². The molecule has 0 radical (unpaired) electrons. The van der Waals surface area contributed by atoms with E-state index in [1.165, 1.54) is 19.3 Å². The predicted octanol–water partition coefficient (Wildman–Crippen LogP) is 1.79. The van der Waals surface area contributed by atoms with Crippen LogP contribution in [-0.4, -0.2) is 49.7 Å². The molecule has 1 amide bonds. The third-order valence-electron chi connectivity index (χ3n) is 3.42. The Hall–Kier alpha value is -0.610. The number of hydrogen-bond donors (Lipinski definition) is 1. The van der Waals surface area contributed by atoms with Gasteiger partial charge in [-0.25, -0.2) is 0 Å². The van der Waals surface area contributed by atoms with E-state index in [0.29, 0.717) is 25.6 Å². The molecule has 0 bridgehead atoms. The van der Waals surface area contributed by atoms with E-state index in [-0.39, 0.29) is 12.0 Å². The highest BCUT2D eigenvalue weighted by atomic mass is 16.5. The van der Waals surface area contributed by atoms with Gasteiger partial charge in [0.05, 0.1) is 12.7 Å². The number of carbonyl (C=O) groups excluding carboxylic acids is 1. The van der Waals surface area contributed by atoms with Gasteiger partial charge in [0.15, 0.2) is 0 Å². The topological polar surface area (TPSA) is 41.6 Å². The normalized spacial score (nSPS) is 20.1. The van der Waals surface area contributed by atoms with Gasteiger partial charge in [0.1, 0.15) is 0 Å². The minimum atomic E-state index is 0.231. The average molecular weight is 256 g/mol. The SMILES string of the molecule is CC(C)OCCN(C)C(=O)CCC1CCCCN1. The van der Waals surface area contributed by atoms with Gasteiger partial charge in [-0.1, -0.05) is 6.42 Å². The van der Waals surface area contributed by atoms with Crippen LogP contribution in [0.25, 0.3) is 0 Å². The number of ether oxygens (including phenoxy) is 1. The molecule has 1 fully saturated rings. The number of piperidine rings is 1. The molecule has 4 nitrogen and oxygen atoms in total. The fourth-order valence-corrected chi connectivity index (χ4v) is 2.21. The van der Waals surface area contributed by atoms with Crippen molar-refractivity contribution in [1.82, 2.24) is 10.2 Å². The van der Waals surface area contributed by atoms with Crippen molar-refractivity contribution in [2.75, 3.05) is 26.7 Å². The van der Waals surface area contributed by atoms with Gasteiger partial charge in [-0.05, 0) is 39.7 Å². The van der Waals surface area contributed by atoms with Crippen molar-refractivity contribution >= 4 is 5.91 Å². The fourth-order valence-electron chi connectivity index (χ4n) is 2.21. The van der Waals surface area contributed by atoms with Crippen molar-refractivity contribution in [1.29, 1.82) is 0 Å². The van der Waals surface area contributed by atoms with Crippen LogP contribution in [0, 0.1) is 0 Å². The molecule has 1 aliphatic rings. The number of amides is 1. The molecular weight excluding hydrogens is 228 g/mol. The van der Waals surface area contributed by atoms with E-state index in [0.717, 1.165) is 13.0 Å². The maximum atomic E-state index is 11.9. The summed E-state index contributed by atoms with van der Waals surface area (Å²) in [6.45, 7) is 6.45. The standard InChI is InChI=1S/C14H28N2O2/c1-12(2)18-11-10-16(3)14(17)8-7-13-6-4-5-9-15-13/h12-13,15H,4-11H2,1-3H3. The summed E-state index contributed by atoms with van der Waals surface area (Å²) in [5, 5.41) is 3.48. The van der Waals surface area contributed by atoms with Gasteiger partial charge < -0.3 is 15.0 Å². The first-order valence-corrected chi connectivity index (χ1v) is 7.18. The van der Waals surface area contributed by atoms with Crippen LogP contribution in [0.15, 0.2) is 0 Å². The molecule has 0 aliphatic carbocycles. The van der Waals surface area contributed by atoms with Gasteiger partial charge in [0.25, 0.3) is 0 Å². The molecule has 18 heavy (non-hydrogen) atoms. The molecule has 0 aromatic rings. The molecule has 0 aromatic carbocycles. The summed E-state index contributed by atoms with van der Waals surface area (Å²) in [6, 6.07) is 0.544. The Morgan fingerprint density at radius 3 is 2.83 bits per heavy atom. The molecule has 106 valence electrons. The lowest BCUT2D eigenvalue weighted by atomic mass is 10.0. The molecule has 1 unspecified atom stereocenters. The maximum Gasteiger partial charge on any atom is 0.222 e. The molecule has 0 saturated carbocycles. The Labute approximate surface area is 111 Å². The number of nitrogens with one attached hydrogen (secondary N) is 1. The van der Waals surface area contributed by atoms with Crippen LogP contribution < -0.4 is 5.32 Å². The van der Waals surface area contributed by atoms with Crippen LogP contribution in [0.2, 0.25) is 0 Å². The molecule has 1 saturated heterocycles. The van der Waals surface area contributed by atoms with Gasteiger partial charge in [-0.3, -0.25) is 4.79 Å². The first-order chi connectivity index (χ1) is 8.59. The summed E-state index contributed by atoms with van der Waals surface area (Å²) < 4.78 is 5.45. The molecule has 1 rings (SSSR count). The van der Waals surface area contributed by atoms with Gasteiger partial charge in [0, 0.05) is 26.1 Å². The highest BCUT2D eigenvalue weighted by Gasteiger charge is 2.15. The second-order valence-electron chi connectivity index (χ2n) is 5.42. The third kappa shape index (κ3) is 6.36. The smallest absolute Gasteiger partial charge is 0.222 e. The van der Waals surface area contributed by atoms with Crippen LogP contribution >= 0.6 is 0 Å². The highest BCUT2D eigenvalue weighted by Crippen LogP contribution is 2.12. The first kappa shape index (κ1) is 15.4. The first-order valence-electron chi connectivity index (χ1n) is 7.18. The van der Waals surface area contributed by atoms with Crippen LogP contribution in [0.5, 0.6) is 0 Å². The van der Waals surface area contributed by atoms with Crippen molar-refractivity contribution in [2.45, 2.75) is 58.1 Å². The molecule has 4 heteroatoms. The molecule has 0 spiro atoms. The summed E-state index contributed by atoms with van der Waals surface area (Å²) >= 11 is 0. The minimum Gasteiger partial charge on any atom is -0.377 e. The Morgan fingerprint density at radius 1 is 1.44 bits per heavy atom. The largest absolute Gasteiger partial charge is 0.377 e. The van der Waals surface area contributed by atoms with E-state index < -0.39 is 0 Å². The van der Waals surface area contributed by atoms with E-state index in [1.54, 1.807) is 4.90 Å². The van der Waals surface area contributed by atoms with Gasteiger partial charge in [-0.15, -0.1) is 0 Å². The predicted molar refractivity (Wildman–Crippen MR) is 73.6 cm³/mol. The molecule has 1 heterocycles. The van der Waals surface area contributed by atoms with E-state index in [1.807, 2.05) is 20.9 Å². The minimum absolute atomic E-state index is 0.231. The highest BCUT2D eigenvalue weighted by molar-refractivity contribution is 5.75. The van der Waals surface area contributed by atoms with Gasteiger partial charge >= 0.3 is 0 Å². The number of likely N-dealkylation sites (N-methyl/N-ethyl adjacent to an activating group) is 1. The molecular formula is C14H28N2O2. The van der Waals surface area contributed by atoms with Crippen molar-refractivity contribution in [3.63, 3.8) is 0 Å². The number of hydrogen-bond acceptors (Lipinski definition) is 3. The molecule has 1 atom stereocenters. The average Bonchev–Trinajstić information content (AvgIpc) is 2.36. The zero-order valence-corrected chi connectivity index (χ0v) is 12.1. The lowest BCUT2D eigenvalue weighted by Gasteiger charge is -2.24. The van der Waals surface area contributed by atoms with Gasteiger partial charge in [0.2, 0.25) is 5.91 Å². The van der Waals surface area contributed by atoms with Crippen LogP contribution in [0.1, 0.15) is 46.0 Å². The quantitative estimate of drug-likeness (QED) is 0.755. The van der Waals surface area contributed by atoms with Crippen LogP contribution in [0.4, 0.5) is 0 Å². The second kappa shape index (κ2) is 8.48. The Balaban J connectivity index is 2.10. The third-order valence-corrected chi connectivity index (χ3v) is 3.42. The van der Waals surface area contributed by atoms with Crippen molar-refractivity contribution < 1.29 is 9.53 Å². The maximum absolute atomic E-state index is 11.9. The molecule has 1 aliphatic heterocycles. The summed E-state index contributed by atoms with van der Waals surface area (Å²) in [4.78, 5) is 13.7. The van der Waals surface area contributed by atoms with Gasteiger partial charge in [-0.2, -0.15) is 0 Å². The van der Waals surface area contributed by atoms with Crippen LogP contribution in [0.3, 0.4) is 0 Å². The summed E-state index contributed by atoms with van der Waals surface area (Å²) in [5.74, 6) is 0.231. The Morgan fingerprint density at radius 2 is 2.22 bits per heavy atom. The lowest BCUT2D eigenvalue weighted by Crippen LogP contribution is -2.36. The zero-order valence-electron chi connectivity index (χ0n) is 12.1. The van der Waals surface area contributed by atoms with Crippen LogP contribution in [-0.2, 0) is 9.53 Å². The van der Waals surface area contributed by atoms with E-state index in [9.17, 15) is 4.79 Å². The Kier molecular flexibility index (Phi) is 7.28. The molecule has 0 aromatic heterocycles. The lowest BCUT2D eigenvalue weighted by molar-refractivity contribution is -0.131. The summed E-state index contributed by atoms with van der Waals surface area (Å²) in [5.41, 5.74) is 0. The fraction of sp³-hybridized carbons (Fsp3) is 0.929. The van der Waals surface area contributed by atoms with E-state index in [2.05, 4.69) is 5.32 Å². The zero-order chi connectivity index (χ0) is 13.4. The number of carbonyl (C=O) groups is 1. The summed E-state index contributed by atoms with van der Waals surface area (Å²) in [6.07, 6.45) is 5.64. The number of rotatable bonds is 7. The van der Waals surface area contributed by atoms with E-state index >= 15 is 0 Å². The molecule has 1 N–H and O–H groups in total. The monoisotopic (exact) mass is 256 g/mol. The second-order valence-corrected chi connectivity index (χ2v) is 5.42. The summed E-state index contributed by atoms with van der Waals surface area (Å²) in [7, 11) is 1.86. The Bertz CT molecular complexity index is 238. The van der Waals surface area contributed by atoms with Crippen molar-refractivity contribution in [3.05, 3.63) is 0 Å². The van der Waals surface area contributed by atoms with Crippen molar-refractivity contribution in [2.24, 2.45) is 0 Å².